The zero-order valence-electron chi connectivity index (χ0n) is 10.4. The van der Waals surface area contributed by atoms with E-state index in [9.17, 15) is 9.59 Å². The molecule has 0 heterocycles. The molecule has 0 saturated carbocycles. The van der Waals surface area contributed by atoms with E-state index >= 15 is 0 Å². The van der Waals surface area contributed by atoms with Crippen LogP contribution in [0.2, 0.25) is 0 Å². The Morgan fingerprint density at radius 1 is 1.39 bits per heavy atom. The second-order valence-electron chi connectivity index (χ2n) is 4.37. The molecule has 0 bridgehead atoms. The number of benzene rings is 1. The summed E-state index contributed by atoms with van der Waals surface area (Å²) in [5.74, 6) is 1.09. The maximum Gasteiger partial charge on any atom is 0.185 e. The summed E-state index contributed by atoms with van der Waals surface area (Å²) in [4.78, 5) is 22.2. The Labute approximate surface area is 111 Å². The van der Waals surface area contributed by atoms with Crippen molar-refractivity contribution >= 4 is 28.7 Å². The van der Waals surface area contributed by atoms with Gasteiger partial charge in [0.1, 0.15) is 0 Å². The minimum Gasteiger partial charge on any atom is -0.294 e. The average Bonchev–Trinajstić information content (AvgIpc) is 2.70. The number of rotatable bonds is 4. The molecule has 1 aliphatic rings. The largest absolute Gasteiger partial charge is 0.294 e. The van der Waals surface area contributed by atoms with Crippen LogP contribution >= 0.6 is 11.8 Å². The van der Waals surface area contributed by atoms with Gasteiger partial charge in [-0.2, -0.15) is 0 Å². The van der Waals surface area contributed by atoms with E-state index in [4.69, 9.17) is 0 Å². The van der Waals surface area contributed by atoms with Gasteiger partial charge in [-0.1, -0.05) is 42.1 Å². The Morgan fingerprint density at radius 2 is 2.22 bits per heavy atom. The van der Waals surface area contributed by atoms with Gasteiger partial charge >= 0.3 is 0 Å². The molecule has 0 aliphatic heterocycles. The monoisotopic (exact) mass is 260 g/mol. The van der Waals surface area contributed by atoms with Gasteiger partial charge in [0.05, 0.1) is 0 Å². The molecule has 0 radical (unpaired) electrons. The summed E-state index contributed by atoms with van der Waals surface area (Å²) in [7, 11) is 0. The molecule has 2 rings (SSSR count). The van der Waals surface area contributed by atoms with Gasteiger partial charge in [0.15, 0.2) is 10.9 Å². The molecular weight excluding hydrogens is 244 g/mol. The molecule has 94 valence electrons. The fourth-order valence-electron chi connectivity index (χ4n) is 2.07. The number of carbonyl (C=O) groups excluding carboxylic acids is 2. The molecule has 0 atom stereocenters. The summed E-state index contributed by atoms with van der Waals surface area (Å²) >= 11 is 1.35. The van der Waals surface area contributed by atoms with Crippen LogP contribution in [0, 0.1) is 0 Å². The molecule has 1 aromatic rings. The average molecular weight is 260 g/mol. The van der Waals surface area contributed by atoms with Crippen LogP contribution in [0.3, 0.4) is 0 Å². The van der Waals surface area contributed by atoms with Crippen molar-refractivity contribution in [2.24, 2.45) is 0 Å². The smallest absolute Gasteiger partial charge is 0.185 e. The molecule has 0 saturated heterocycles. The number of thioether (sulfide) groups is 1. The molecule has 0 amide bonds. The molecule has 0 N–H and O–H groups in total. The number of aryl methyl sites for hydroxylation is 1. The van der Waals surface area contributed by atoms with Crippen LogP contribution in [0.4, 0.5) is 0 Å². The third kappa shape index (κ3) is 3.33. The Hall–Kier alpha value is -1.35. The number of fused-ring (bicyclic) bond motifs is 1. The lowest BCUT2D eigenvalue weighted by Gasteiger charge is -1.99. The Bertz CT molecular complexity index is 503. The minimum atomic E-state index is 0.166. The lowest BCUT2D eigenvalue weighted by molar-refractivity contribution is -0.109. The van der Waals surface area contributed by atoms with E-state index in [1.165, 1.54) is 17.3 Å². The van der Waals surface area contributed by atoms with E-state index < -0.39 is 0 Å². The second-order valence-corrected chi connectivity index (χ2v) is 5.64. The van der Waals surface area contributed by atoms with Gasteiger partial charge < -0.3 is 0 Å². The van der Waals surface area contributed by atoms with Crippen molar-refractivity contribution < 1.29 is 9.59 Å². The van der Waals surface area contributed by atoms with Gasteiger partial charge in [0.25, 0.3) is 0 Å². The quantitative estimate of drug-likeness (QED) is 0.777. The topological polar surface area (TPSA) is 34.1 Å². The van der Waals surface area contributed by atoms with Crippen LogP contribution in [0.25, 0.3) is 6.08 Å². The van der Waals surface area contributed by atoms with Gasteiger partial charge in [0, 0.05) is 24.7 Å². The van der Waals surface area contributed by atoms with Gasteiger partial charge in [-0.25, -0.2) is 0 Å². The van der Waals surface area contributed by atoms with E-state index in [1.54, 1.807) is 6.92 Å². The molecule has 0 fully saturated rings. The molecule has 3 heteroatoms. The highest BCUT2D eigenvalue weighted by molar-refractivity contribution is 8.13. The lowest BCUT2D eigenvalue weighted by Crippen LogP contribution is -1.90. The number of hydrogen-bond acceptors (Lipinski definition) is 3. The first-order chi connectivity index (χ1) is 8.66. The van der Waals surface area contributed by atoms with Crippen molar-refractivity contribution in [3.63, 3.8) is 0 Å². The summed E-state index contributed by atoms with van der Waals surface area (Å²) in [6.45, 7) is 1.59. The first-order valence-electron chi connectivity index (χ1n) is 6.13. The summed E-state index contributed by atoms with van der Waals surface area (Å²) in [5.41, 5.74) is 3.19. The fourth-order valence-corrected chi connectivity index (χ4v) is 2.61. The molecule has 18 heavy (non-hydrogen) atoms. The molecule has 0 unspecified atom stereocenters. The standard InChI is InChI=1S/C15H16O2S/c1-11(16)18-9-3-2-4-12-5-7-14-13(10-12)6-8-15(14)17/h2,4-5,7,10H,3,6,8-9H2,1H3. The van der Waals surface area contributed by atoms with E-state index in [0.29, 0.717) is 6.42 Å². The zero-order valence-corrected chi connectivity index (χ0v) is 11.3. The molecular formula is C15H16O2S. The third-order valence-electron chi connectivity index (χ3n) is 2.95. The van der Waals surface area contributed by atoms with Crippen LogP contribution in [-0.2, 0) is 11.2 Å². The Balaban J connectivity index is 1.92. The van der Waals surface area contributed by atoms with Crippen molar-refractivity contribution in [3.05, 3.63) is 41.0 Å². The van der Waals surface area contributed by atoms with E-state index in [-0.39, 0.29) is 10.9 Å². The van der Waals surface area contributed by atoms with Gasteiger partial charge in [-0.3, -0.25) is 9.59 Å². The summed E-state index contributed by atoms with van der Waals surface area (Å²) in [6.07, 6.45) is 6.55. The number of allylic oxidation sites excluding steroid dienone is 1. The van der Waals surface area contributed by atoms with E-state index in [0.717, 1.165) is 29.7 Å². The first kappa shape index (κ1) is 13.1. The molecule has 0 aromatic heterocycles. The number of Topliss-reactive ketones (excluding diaryl/α,β-unsaturated/α-hetero) is 1. The fraction of sp³-hybridized carbons (Fsp3) is 0.333. The highest BCUT2D eigenvalue weighted by Crippen LogP contribution is 2.23. The highest BCUT2D eigenvalue weighted by atomic mass is 32.2. The van der Waals surface area contributed by atoms with Crippen LogP contribution in [0.5, 0.6) is 0 Å². The highest BCUT2D eigenvalue weighted by Gasteiger charge is 2.18. The summed E-state index contributed by atoms with van der Waals surface area (Å²) < 4.78 is 0. The number of hydrogen-bond donors (Lipinski definition) is 0. The normalized spacial score (nSPS) is 14.2. The van der Waals surface area contributed by atoms with E-state index in [2.05, 4.69) is 18.2 Å². The second kappa shape index (κ2) is 6.01. The minimum absolute atomic E-state index is 0.166. The van der Waals surface area contributed by atoms with Crippen molar-refractivity contribution in [1.82, 2.24) is 0 Å². The van der Waals surface area contributed by atoms with Crippen molar-refractivity contribution in [1.29, 1.82) is 0 Å². The predicted molar refractivity (Wildman–Crippen MR) is 75.9 cm³/mol. The predicted octanol–water partition coefficient (Wildman–Crippen LogP) is 3.50. The first-order valence-corrected chi connectivity index (χ1v) is 7.11. The van der Waals surface area contributed by atoms with Crippen molar-refractivity contribution in [3.8, 4) is 0 Å². The Morgan fingerprint density at radius 3 is 3.00 bits per heavy atom. The third-order valence-corrected chi connectivity index (χ3v) is 3.80. The van der Waals surface area contributed by atoms with Crippen LogP contribution in [0.15, 0.2) is 24.3 Å². The maximum atomic E-state index is 11.5. The van der Waals surface area contributed by atoms with Crippen molar-refractivity contribution in [2.45, 2.75) is 26.2 Å². The van der Waals surface area contributed by atoms with Gasteiger partial charge in [-0.15, -0.1) is 0 Å². The summed E-state index contributed by atoms with van der Waals surface area (Å²) in [6, 6.07) is 6.00. The van der Waals surface area contributed by atoms with Gasteiger partial charge in [-0.05, 0) is 24.0 Å². The number of carbonyl (C=O) groups is 2. The SMILES string of the molecule is CC(=O)SCCC=Cc1ccc2c(c1)CCC2=O. The molecule has 1 aliphatic carbocycles. The van der Waals surface area contributed by atoms with Crippen LogP contribution < -0.4 is 0 Å². The van der Waals surface area contributed by atoms with Gasteiger partial charge in [0.2, 0.25) is 0 Å². The number of ketones is 1. The van der Waals surface area contributed by atoms with Crippen LogP contribution in [0.1, 0.15) is 41.3 Å². The summed E-state index contributed by atoms with van der Waals surface area (Å²) in [5, 5.41) is 0.166. The molecule has 2 nitrogen and oxygen atoms in total. The lowest BCUT2D eigenvalue weighted by atomic mass is 10.1. The van der Waals surface area contributed by atoms with Crippen molar-refractivity contribution in [2.75, 3.05) is 5.75 Å². The zero-order chi connectivity index (χ0) is 13.0. The van der Waals surface area contributed by atoms with Crippen LogP contribution in [-0.4, -0.2) is 16.7 Å². The molecule has 0 spiro atoms. The molecule has 1 aromatic carbocycles. The maximum absolute atomic E-state index is 11.5. The Kier molecular flexibility index (Phi) is 4.37. The van der Waals surface area contributed by atoms with E-state index in [1.807, 2.05) is 12.1 Å².